The summed E-state index contributed by atoms with van der Waals surface area (Å²) in [5.41, 5.74) is 6.57. The Hall–Kier alpha value is -1.72. The monoisotopic (exact) mass is 238 g/mol. The van der Waals surface area contributed by atoms with Crippen LogP contribution in [0.5, 0.6) is 0 Å². The molecule has 1 unspecified atom stereocenters. The zero-order chi connectivity index (χ0) is 11.6. The molecule has 1 aromatic rings. The third-order valence-electron chi connectivity index (χ3n) is 2.10. The predicted octanol–water partition coefficient (Wildman–Crippen LogP) is 1.19. The van der Waals surface area contributed by atoms with Crippen molar-refractivity contribution in [2.75, 3.05) is 5.32 Å². The summed E-state index contributed by atoms with van der Waals surface area (Å²) in [6.45, 7) is 0. The molecule has 0 aromatic heterocycles. The van der Waals surface area contributed by atoms with E-state index in [1.807, 2.05) is 12.1 Å². The summed E-state index contributed by atoms with van der Waals surface area (Å²) in [7, 11) is 0. The molecule has 0 fully saturated rings. The highest BCUT2D eigenvalue weighted by Gasteiger charge is 2.26. The van der Waals surface area contributed by atoms with E-state index in [1.165, 1.54) is 6.20 Å². The van der Waals surface area contributed by atoms with Gasteiger partial charge in [-0.25, -0.2) is 4.79 Å². The molecule has 1 aromatic carbocycles. The lowest BCUT2D eigenvalue weighted by Gasteiger charge is -2.32. The van der Waals surface area contributed by atoms with Gasteiger partial charge < -0.3 is 10.6 Å². The van der Waals surface area contributed by atoms with Gasteiger partial charge in [0.2, 0.25) is 0 Å². The molecular formula is C10H11ClN4O. The van der Waals surface area contributed by atoms with Gasteiger partial charge in [-0.1, -0.05) is 23.7 Å². The maximum absolute atomic E-state index is 11.1. The molecule has 0 bridgehead atoms. The van der Waals surface area contributed by atoms with Gasteiger partial charge in [-0.05, 0) is 18.2 Å². The van der Waals surface area contributed by atoms with E-state index in [4.69, 9.17) is 17.3 Å². The van der Waals surface area contributed by atoms with E-state index < -0.39 is 5.79 Å². The lowest BCUT2D eigenvalue weighted by molar-refractivity contribution is 0.235. The minimum atomic E-state index is -1.13. The normalized spacial score (nSPS) is 23.5. The Bertz CT molecular complexity index is 448. The fourth-order valence-corrected chi connectivity index (χ4v) is 1.56. The van der Waals surface area contributed by atoms with Crippen molar-refractivity contribution in [2.45, 2.75) is 5.79 Å². The summed E-state index contributed by atoms with van der Waals surface area (Å²) in [6, 6.07) is 6.78. The molecule has 84 valence electrons. The van der Waals surface area contributed by atoms with Gasteiger partial charge in [-0.2, -0.15) is 0 Å². The van der Waals surface area contributed by atoms with E-state index in [1.54, 1.807) is 18.2 Å². The molecule has 1 aliphatic heterocycles. The highest BCUT2D eigenvalue weighted by atomic mass is 35.5. The average Bonchev–Trinajstić information content (AvgIpc) is 2.21. The number of hydrogen-bond donors (Lipinski definition) is 4. The van der Waals surface area contributed by atoms with Crippen molar-refractivity contribution in [2.24, 2.45) is 5.73 Å². The SMILES string of the molecule is NC1(Nc2ccccc2Cl)C=CNC(=O)N1. The topological polar surface area (TPSA) is 79.2 Å². The first-order chi connectivity index (χ1) is 7.59. The zero-order valence-electron chi connectivity index (χ0n) is 8.33. The summed E-state index contributed by atoms with van der Waals surface area (Å²) in [5.74, 6) is -1.13. The molecule has 16 heavy (non-hydrogen) atoms. The second-order valence-corrected chi connectivity index (χ2v) is 3.81. The fourth-order valence-electron chi connectivity index (χ4n) is 1.37. The van der Waals surface area contributed by atoms with E-state index in [-0.39, 0.29) is 6.03 Å². The van der Waals surface area contributed by atoms with Crippen LogP contribution in [0.25, 0.3) is 0 Å². The molecular weight excluding hydrogens is 228 g/mol. The van der Waals surface area contributed by atoms with Crippen molar-refractivity contribution < 1.29 is 4.79 Å². The number of halogens is 1. The molecule has 5 N–H and O–H groups in total. The van der Waals surface area contributed by atoms with E-state index in [0.29, 0.717) is 10.7 Å². The molecule has 5 nitrogen and oxygen atoms in total. The first-order valence-electron chi connectivity index (χ1n) is 4.67. The minimum absolute atomic E-state index is 0.371. The van der Waals surface area contributed by atoms with Crippen molar-refractivity contribution in [3.8, 4) is 0 Å². The Balaban J connectivity index is 2.21. The number of hydrogen-bond acceptors (Lipinski definition) is 3. The minimum Gasteiger partial charge on any atom is -0.346 e. The molecule has 0 saturated heterocycles. The maximum atomic E-state index is 11.1. The molecule has 2 rings (SSSR count). The largest absolute Gasteiger partial charge is 0.346 e. The lowest BCUT2D eigenvalue weighted by Crippen LogP contribution is -2.64. The van der Waals surface area contributed by atoms with Crippen LogP contribution in [0.2, 0.25) is 5.02 Å². The average molecular weight is 239 g/mol. The Morgan fingerprint density at radius 2 is 2.12 bits per heavy atom. The second-order valence-electron chi connectivity index (χ2n) is 3.41. The maximum Gasteiger partial charge on any atom is 0.321 e. The number of rotatable bonds is 2. The number of carbonyl (C=O) groups excluding carboxylic acids is 1. The zero-order valence-corrected chi connectivity index (χ0v) is 9.08. The summed E-state index contributed by atoms with van der Waals surface area (Å²) >= 11 is 5.97. The van der Waals surface area contributed by atoms with Crippen LogP contribution in [0, 0.1) is 0 Å². The highest BCUT2D eigenvalue weighted by Crippen LogP contribution is 2.22. The number of anilines is 1. The van der Waals surface area contributed by atoms with Gasteiger partial charge in [0.25, 0.3) is 0 Å². The number of para-hydroxylation sites is 1. The smallest absolute Gasteiger partial charge is 0.321 e. The van der Waals surface area contributed by atoms with Crippen molar-refractivity contribution in [1.82, 2.24) is 10.6 Å². The van der Waals surface area contributed by atoms with Gasteiger partial charge in [0.15, 0.2) is 5.79 Å². The quantitative estimate of drug-likeness (QED) is 0.585. The molecule has 0 radical (unpaired) electrons. The van der Waals surface area contributed by atoms with Crippen LogP contribution in [0.15, 0.2) is 36.5 Å². The number of nitrogens with two attached hydrogens (primary N) is 1. The van der Waals surface area contributed by atoms with Gasteiger partial charge in [0.05, 0.1) is 10.7 Å². The Labute approximate surface area is 97.7 Å². The number of nitrogens with one attached hydrogen (secondary N) is 3. The third-order valence-corrected chi connectivity index (χ3v) is 2.43. The van der Waals surface area contributed by atoms with Crippen LogP contribution in [-0.2, 0) is 0 Å². The van der Waals surface area contributed by atoms with E-state index in [9.17, 15) is 4.79 Å². The van der Waals surface area contributed by atoms with E-state index >= 15 is 0 Å². The Morgan fingerprint density at radius 1 is 1.38 bits per heavy atom. The summed E-state index contributed by atoms with van der Waals surface area (Å²) in [5, 5.41) is 8.47. The van der Waals surface area contributed by atoms with E-state index in [2.05, 4.69) is 16.0 Å². The van der Waals surface area contributed by atoms with Crippen LogP contribution in [0.1, 0.15) is 0 Å². The molecule has 1 aliphatic rings. The lowest BCUT2D eigenvalue weighted by atomic mass is 10.2. The second kappa shape index (κ2) is 4.03. The van der Waals surface area contributed by atoms with Gasteiger partial charge >= 0.3 is 6.03 Å². The van der Waals surface area contributed by atoms with Crippen LogP contribution < -0.4 is 21.7 Å². The summed E-state index contributed by atoms with van der Waals surface area (Å²) < 4.78 is 0. The van der Waals surface area contributed by atoms with Crippen LogP contribution in [-0.4, -0.2) is 11.8 Å². The van der Waals surface area contributed by atoms with Crippen molar-refractivity contribution >= 4 is 23.3 Å². The highest BCUT2D eigenvalue weighted by molar-refractivity contribution is 6.33. The van der Waals surface area contributed by atoms with E-state index in [0.717, 1.165) is 0 Å². The van der Waals surface area contributed by atoms with Gasteiger partial charge in [0.1, 0.15) is 0 Å². The Morgan fingerprint density at radius 3 is 2.81 bits per heavy atom. The predicted molar refractivity (Wildman–Crippen MR) is 62.8 cm³/mol. The first kappa shape index (κ1) is 10.8. The fraction of sp³-hybridized carbons (Fsp3) is 0.100. The van der Waals surface area contributed by atoms with Gasteiger partial charge in [-0.3, -0.25) is 11.1 Å². The van der Waals surface area contributed by atoms with Gasteiger partial charge in [0, 0.05) is 6.20 Å². The van der Waals surface area contributed by atoms with Crippen molar-refractivity contribution in [1.29, 1.82) is 0 Å². The molecule has 0 saturated carbocycles. The molecule has 1 heterocycles. The molecule has 0 spiro atoms. The van der Waals surface area contributed by atoms with Crippen molar-refractivity contribution in [3.63, 3.8) is 0 Å². The first-order valence-corrected chi connectivity index (χ1v) is 5.05. The summed E-state index contributed by atoms with van der Waals surface area (Å²) in [6.07, 6.45) is 3.07. The third kappa shape index (κ3) is 2.26. The number of urea groups is 1. The van der Waals surface area contributed by atoms with Crippen LogP contribution >= 0.6 is 11.6 Å². The van der Waals surface area contributed by atoms with Crippen LogP contribution in [0.4, 0.5) is 10.5 Å². The number of carbonyl (C=O) groups is 1. The molecule has 2 amide bonds. The van der Waals surface area contributed by atoms with Crippen LogP contribution in [0.3, 0.4) is 0 Å². The summed E-state index contributed by atoms with van der Waals surface area (Å²) in [4.78, 5) is 11.1. The Kier molecular flexibility index (Phi) is 2.72. The number of benzene rings is 1. The molecule has 1 atom stereocenters. The molecule has 0 aliphatic carbocycles. The van der Waals surface area contributed by atoms with Gasteiger partial charge in [-0.15, -0.1) is 0 Å². The standard InChI is InChI=1S/C10H11ClN4O/c11-7-3-1-2-4-8(7)14-10(12)5-6-13-9(16)15-10/h1-6,14H,12H2,(H2,13,15,16). The molecule has 6 heteroatoms. The van der Waals surface area contributed by atoms with Crippen molar-refractivity contribution in [3.05, 3.63) is 41.6 Å². The number of amides is 2.